The fourth-order valence-electron chi connectivity index (χ4n) is 1.59. The van der Waals surface area contributed by atoms with Gasteiger partial charge in [0, 0.05) is 18.8 Å². The van der Waals surface area contributed by atoms with Gasteiger partial charge in [-0.2, -0.15) is 0 Å². The van der Waals surface area contributed by atoms with Crippen LogP contribution in [-0.4, -0.2) is 25.4 Å². The Morgan fingerprint density at radius 2 is 2.10 bits per heavy atom. The van der Waals surface area contributed by atoms with Crippen molar-refractivity contribution in [3.8, 4) is 0 Å². The van der Waals surface area contributed by atoms with E-state index in [-0.39, 0.29) is 20.7 Å². The minimum absolute atomic E-state index is 0.151. The average molecular weight is 328 g/mol. The second-order valence-electron chi connectivity index (χ2n) is 4.06. The zero-order valence-electron chi connectivity index (χ0n) is 11.2. The van der Waals surface area contributed by atoms with Gasteiger partial charge in [0.25, 0.3) is 10.0 Å². The maximum Gasteiger partial charge on any atom is 0.304 e. The highest BCUT2D eigenvalue weighted by Crippen LogP contribution is 2.37. The normalized spacial score (nSPS) is 11.1. The van der Waals surface area contributed by atoms with E-state index in [9.17, 15) is 18.5 Å². The SMILES string of the molecule is CNc1sc(S(=O)(=O)Nc2cccc(C)n2)cc1[N+](=O)[O-]. The van der Waals surface area contributed by atoms with Crippen LogP contribution in [-0.2, 0) is 10.0 Å². The minimum atomic E-state index is -3.91. The molecule has 0 fully saturated rings. The van der Waals surface area contributed by atoms with E-state index in [4.69, 9.17) is 0 Å². The molecule has 21 heavy (non-hydrogen) atoms. The average Bonchev–Trinajstić information content (AvgIpc) is 2.83. The first-order chi connectivity index (χ1) is 9.83. The predicted molar refractivity (Wildman–Crippen MR) is 80.3 cm³/mol. The van der Waals surface area contributed by atoms with Crippen molar-refractivity contribution in [2.24, 2.45) is 0 Å². The molecule has 2 rings (SSSR count). The molecule has 10 heteroatoms. The lowest BCUT2D eigenvalue weighted by Gasteiger charge is -2.05. The summed E-state index contributed by atoms with van der Waals surface area (Å²) in [5.41, 5.74) is 0.378. The highest BCUT2D eigenvalue weighted by Gasteiger charge is 2.26. The molecule has 0 unspecified atom stereocenters. The van der Waals surface area contributed by atoms with E-state index < -0.39 is 14.9 Å². The largest absolute Gasteiger partial charge is 0.374 e. The Labute approximate surface area is 125 Å². The van der Waals surface area contributed by atoms with Gasteiger partial charge in [0.1, 0.15) is 10.0 Å². The maximum atomic E-state index is 12.2. The molecular formula is C11H12N4O4S2. The van der Waals surface area contributed by atoms with Crippen LogP contribution in [0.15, 0.2) is 28.5 Å². The molecule has 8 nitrogen and oxygen atoms in total. The van der Waals surface area contributed by atoms with Crippen molar-refractivity contribution in [3.05, 3.63) is 40.1 Å². The molecule has 0 bridgehead atoms. The molecule has 0 spiro atoms. The summed E-state index contributed by atoms with van der Waals surface area (Å²) in [6.07, 6.45) is 0. The first-order valence-electron chi connectivity index (χ1n) is 5.76. The van der Waals surface area contributed by atoms with Crippen LogP contribution in [0.3, 0.4) is 0 Å². The third-order valence-corrected chi connectivity index (χ3v) is 5.48. The number of anilines is 2. The highest BCUT2D eigenvalue weighted by atomic mass is 32.2. The van der Waals surface area contributed by atoms with Crippen LogP contribution in [0.1, 0.15) is 5.69 Å². The number of pyridine rings is 1. The Bertz CT molecular complexity index is 785. The van der Waals surface area contributed by atoms with Crippen molar-refractivity contribution in [1.29, 1.82) is 0 Å². The molecule has 0 amide bonds. The Morgan fingerprint density at radius 1 is 1.38 bits per heavy atom. The number of aromatic nitrogens is 1. The molecule has 0 aromatic carbocycles. The van der Waals surface area contributed by atoms with E-state index in [1.54, 1.807) is 19.1 Å². The van der Waals surface area contributed by atoms with Gasteiger partial charge < -0.3 is 5.32 Å². The van der Waals surface area contributed by atoms with Crippen molar-refractivity contribution in [2.45, 2.75) is 11.1 Å². The molecule has 0 atom stereocenters. The first kappa shape index (κ1) is 15.2. The Balaban J connectivity index is 2.38. The van der Waals surface area contributed by atoms with Gasteiger partial charge in [-0.25, -0.2) is 13.4 Å². The van der Waals surface area contributed by atoms with E-state index in [1.165, 1.54) is 13.1 Å². The third kappa shape index (κ3) is 3.28. The number of sulfonamides is 1. The number of hydrogen-bond acceptors (Lipinski definition) is 7. The number of thiophene rings is 1. The molecule has 2 aromatic heterocycles. The number of nitro groups is 1. The summed E-state index contributed by atoms with van der Waals surface area (Å²) < 4.78 is 26.6. The van der Waals surface area contributed by atoms with E-state index >= 15 is 0 Å². The Morgan fingerprint density at radius 3 is 2.62 bits per heavy atom. The van der Waals surface area contributed by atoms with Gasteiger partial charge in [0.05, 0.1) is 4.92 Å². The minimum Gasteiger partial charge on any atom is -0.374 e. The van der Waals surface area contributed by atoms with Gasteiger partial charge in [-0.3, -0.25) is 14.8 Å². The summed E-state index contributed by atoms with van der Waals surface area (Å²) in [6, 6.07) is 5.92. The zero-order chi connectivity index (χ0) is 15.6. The number of aryl methyl sites for hydroxylation is 1. The van der Waals surface area contributed by atoms with Crippen LogP contribution < -0.4 is 10.0 Å². The van der Waals surface area contributed by atoms with Gasteiger partial charge in [-0.1, -0.05) is 17.4 Å². The molecule has 0 saturated carbocycles. The number of nitrogens with zero attached hydrogens (tertiary/aromatic N) is 2. The van der Waals surface area contributed by atoms with Crippen LogP contribution in [0, 0.1) is 17.0 Å². The highest BCUT2D eigenvalue weighted by molar-refractivity contribution is 7.94. The molecule has 112 valence electrons. The quantitative estimate of drug-likeness (QED) is 0.642. The molecule has 2 aromatic rings. The fraction of sp³-hybridized carbons (Fsp3) is 0.182. The summed E-state index contributed by atoms with van der Waals surface area (Å²) in [5, 5.41) is 13.7. The lowest BCUT2D eigenvalue weighted by Crippen LogP contribution is -2.12. The van der Waals surface area contributed by atoms with Gasteiger partial charge in [0.15, 0.2) is 5.00 Å². The maximum absolute atomic E-state index is 12.2. The lowest BCUT2D eigenvalue weighted by molar-refractivity contribution is -0.383. The Hall–Kier alpha value is -2.20. The van der Waals surface area contributed by atoms with Gasteiger partial charge in [-0.05, 0) is 19.1 Å². The summed E-state index contributed by atoms with van der Waals surface area (Å²) in [7, 11) is -2.42. The third-order valence-electron chi connectivity index (χ3n) is 2.51. The van der Waals surface area contributed by atoms with Gasteiger partial charge in [-0.15, -0.1) is 0 Å². The van der Waals surface area contributed by atoms with Crippen molar-refractivity contribution >= 4 is 37.9 Å². The molecule has 0 aliphatic rings. The first-order valence-corrected chi connectivity index (χ1v) is 8.06. The van der Waals surface area contributed by atoms with Gasteiger partial charge in [0.2, 0.25) is 0 Å². The number of hydrogen-bond donors (Lipinski definition) is 2. The molecule has 0 saturated heterocycles. The zero-order valence-corrected chi connectivity index (χ0v) is 12.8. The lowest BCUT2D eigenvalue weighted by atomic mass is 10.4. The van der Waals surface area contributed by atoms with E-state index in [0.29, 0.717) is 5.69 Å². The van der Waals surface area contributed by atoms with Gasteiger partial charge >= 0.3 is 5.69 Å². The van der Waals surface area contributed by atoms with Crippen molar-refractivity contribution in [1.82, 2.24) is 4.98 Å². The second kappa shape index (κ2) is 5.66. The molecule has 2 heterocycles. The van der Waals surface area contributed by atoms with Crippen molar-refractivity contribution < 1.29 is 13.3 Å². The van der Waals surface area contributed by atoms with E-state index in [0.717, 1.165) is 17.4 Å². The summed E-state index contributed by atoms with van der Waals surface area (Å²) in [6.45, 7) is 1.73. The number of nitrogens with one attached hydrogen (secondary N) is 2. The topological polar surface area (TPSA) is 114 Å². The molecule has 2 N–H and O–H groups in total. The van der Waals surface area contributed by atoms with Crippen molar-refractivity contribution in [3.63, 3.8) is 0 Å². The molecule has 0 aliphatic heterocycles. The van der Waals surface area contributed by atoms with Crippen LogP contribution in [0.25, 0.3) is 0 Å². The van der Waals surface area contributed by atoms with Crippen molar-refractivity contribution in [2.75, 3.05) is 17.1 Å². The molecule has 0 aliphatic carbocycles. The fourth-order valence-corrected chi connectivity index (χ4v) is 3.88. The van der Waals surface area contributed by atoms with Crippen LogP contribution in [0.5, 0.6) is 0 Å². The van der Waals surface area contributed by atoms with Crippen LogP contribution in [0.2, 0.25) is 0 Å². The second-order valence-corrected chi connectivity index (χ2v) is 7.02. The predicted octanol–water partition coefficient (Wildman–Crippen LogP) is 2.20. The summed E-state index contributed by atoms with van der Waals surface area (Å²) >= 11 is 0.787. The Kier molecular flexibility index (Phi) is 4.09. The van der Waals surface area contributed by atoms with E-state index in [2.05, 4.69) is 15.0 Å². The smallest absolute Gasteiger partial charge is 0.304 e. The summed E-state index contributed by atoms with van der Waals surface area (Å²) in [5.74, 6) is 0.164. The van der Waals surface area contributed by atoms with Crippen LogP contribution in [0.4, 0.5) is 16.5 Å². The van der Waals surface area contributed by atoms with Crippen LogP contribution >= 0.6 is 11.3 Å². The number of rotatable bonds is 5. The summed E-state index contributed by atoms with van der Waals surface area (Å²) in [4.78, 5) is 14.3. The standard InChI is InChI=1S/C11H12N4O4S2/c1-7-4-3-5-9(13-7)14-21(18,19)10-6-8(15(16)17)11(12-2)20-10/h3-6,12H,1-2H3,(H,13,14). The molecule has 0 radical (unpaired) electrons. The van der Waals surface area contributed by atoms with E-state index in [1.807, 2.05) is 0 Å². The molecular weight excluding hydrogens is 316 g/mol. The monoisotopic (exact) mass is 328 g/mol.